The third-order valence-electron chi connectivity index (χ3n) is 3.68. The number of carbonyl (C=O) groups is 2. The van der Waals surface area contributed by atoms with Gasteiger partial charge in [0, 0.05) is 13.0 Å². The lowest BCUT2D eigenvalue weighted by Crippen LogP contribution is -2.45. The predicted octanol–water partition coefficient (Wildman–Crippen LogP) is 1.76. The molecular formula is C17H25FN2O3. The van der Waals surface area contributed by atoms with Gasteiger partial charge in [-0.15, -0.1) is 0 Å². The van der Waals surface area contributed by atoms with Crippen molar-refractivity contribution in [2.24, 2.45) is 0 Å². The summed E-state index contributed by atoms with van der Waals surface area (Å²) in [5.74, 6) is -0.948. The van der Waals surface area contributed by atoms with Crippen LogP contribution in [0.3, 0.4) is 0 Å². The van der Waals surface area contributed by atoms with E-state index < -0.39 is 11.4 Å². The molecule has 1 unspecified atom stereocenters. The number of hydrogen-bond donors (Lipinski definition) is 2. The fraction of sp³-hybridized carbons (Fsp3) is 0.529. The van der Waals surface area contributed by atoms with Gasteiger partial charge in [-0.3, -0.25) is 9.59 Å². The largest absolute Gasteiger partial charge is 0.465 e. The molecule has 0 aliphatic heterocycles. The van der Waals surface area contributed by atoms with Crippen molar-refractivity contribution in [1.29, 1.82) is 0 Å². The van der Waals surface area contributed by atoms with Crippen molar-refractivity contribution in [3.63, 3.8) is 0 Å². The molecule has 0 fully saturated rings. The van der Waals surface area contributed by atoms with E-state index in [0.717, 1.165) is 13.0 Å². The summed E-state index contributed by atoms with van der Waals surface area (Å²) in [5, 5.41) is 5.75. The van der Waals surface area contributed by atoms with Gasteiger partial charge in [0.2, 0.25) is 5.91 Å². The average Bonchev–Trinajstić information content (AvgIpc) is 2.53. The second-order valence-electron chi connectivity index (χ2n) is 5.54. The number of benzene rings is 1. The molecule has 0 aliphatic rings. The van der Waals surface area contributed by atoms with Gasteiger partial charge in [0.1, 0.15) is 11.2 Å². The van der Waals surface area contributed by atoms with Crippen LogP contribution in [-0.4, -0.2) is 38.6 Å². The molecule has 5 nitrogen and oxygen atoms in total. The van der Waals surface area contributed by atoms with Crippen LogP contribution in [0.1, 0.15) is 32.3 Å². The number of esters is 1. The zero-order valence-corrected chi connectivity index (χ0v) is 13.9. The van der Waals surface area contributed by atoms with E-state index in [2.05, 4.69) is 10.6 Å². The second-order valence-corrected chi connectivity index (χ2v) is 5.54. The van der Waals surface area contributed by atoms with Crippen molar-refractivity contribution in [3.05, 3.63) is 35.6 Å². The van der Waals surface area contributed by atoms with E-state index in [1.165, 1.54) is 12.1 Å². The Bertz CT molecular complexity index is 519. The van der Waals surface area contributed by atoms with Crippen LogP contribution in [0.15, 0.2) is 24.3 Å². The van der Waals surface area contributed by atoms with E-state index in [1.807, 2.05) is 7.05 Å². The molecule has 0 heterocycles. The molecule has 0 spiro atoms. The lowest BCUT2D eigenvalue weighted by atomic mass is 9.82. The summed E-state index contributed by atoms with van der Waals surface area (Å²) in [6.07, 6.45) is 1.10. The van der Waals surface area contributed by atoms with Gasteiger partial charge < -0.3 is 15.4 Å². The molecule has 1 aromatic rings. The van der Waals surface area contributed by atoms with Crippen molar-refractivity contribution in [3.8, 4) is 0 Å². The van der Waals surface area contributed by atoms with E-state index >= 15 is 0 Å². The Labute approximate surface area is 136 Å². The number of halogens is 1. The van der Waals surface area contributed by atoms with Crippen LogP contribution in [0, 0.1) is 5.82 Å². The summed E-state index contributed by atoms with van der Waals surface area (Å²) < 4.78 is 18.2. The Kier molecular flexibility index (Phi) is 7.68. The fourth-order valence-corrected chi connectivity index (χ4v) is 2.19. The summed E-state index contributed by atoms with van der Waals surface area (Å²) in [5.41, 5.74) is -0.449. The number of hydrogen-bond acceptors (Lipinski definition) is 4. The van der Waals surface area contributed by atoms with Crippen LogP contribution in [0.25, 0.3) is 0 Å². The van der Waals surface area contributed by atoms with Gasteiger partial charge in [-0.2, -0.15) is 0 Å². The molecule has 1 amide bonds. The van der Waals surface area contributed by atoms with E-state index in [-0.39, 0.29) is 24.9 Å². The monoisotopic (exact) mass is 324 g/mol. The predicted molar refractivity (Wildman–Crippen MR) is 86.6 cm³/mol. The van der Waals surface area contributed by atoms with Crippen molar-refractivity contribution in [2.75, 3.05) is 26.7 Å². The minimum atomic E-state index is -1.05. The van der Waals surface area contributed by atoms with E-state index in [9.17, 15) is 14.0 Å². The molecule has 0 radical (unpaired) electrons. The Balaban J connectivity index is 2.82. The summed E-state index contributed by atoms with van der Waals surface area (Å²) in [6.45, 7) is 4.51. The van der Waals surface area contributed by atoms with E-state index in [1.54, 1.807) is 26.0 Å². The molecule has 23 heavy (non-hydrogen) atoms. The third-order valence-corrected chi connectivity index (χ3v) is 3.68. The minimum Gasteiger partial charge on any atom is -0.465 e. The first-order valence-electron chi connectivity index (χ1n) is 7.78. The van der Waals surface area contributed by atoms with Gasteiger partial charge in [-0.1, -0.05) is 12.1 Å². The first-order chi connectivity index (χ1) is 10.9. The molecule has 0 aromatic heterocycles. The van der Waals surface area contributed by atoms with E-state index in [4.69, 9.17) is 4.74 Å². The number of carbonyl (C=O) groups excluding carboxylic acids is 2. The number of ether oxygens (including phenoxy) is 1. The molecule has 0 saturated carbocycles. The second kappa shape index (κ2) is 9.25. The van der Waals surface area contributed by atoms with Crippen LogP contribution in [0.2, 0.25) is 0 Å². The minimum absolute atomic E-state index is 0.107. The van der Waals surface area contributed by atoms with Crippen LogP contribution < -0.4 is 10.6 Å². The van der Waals surface area contributed by atoms with Gasteiger partial charge in [0.15, 0.2) is 0 Å². The van der Waals surface area contributed by atoms with Gasteiger partial charge >= 0.3 is 5.97 Å². The highest BCUT2D eigenvalue weighted by molar-refractivity contribution is 5.84. The highest BCUT2D eigenvalue weighted by atomic mass is 19.1. The molecule has 0 bridgehead atoms. The molecular weight excluding hydrogens is 299 g/mol. The maximum absolute atomic E-state index is 13.1. The summed E-state index contributed by atoms with van der Waals surface area (Å²) in [6, 6.07) is 5.67. The molecule has 1 rings (SSSR count). The lowest BCUT2D eigenvalue weighted by molar-refractivity contribution is -0.149. The van der Waals surface area contributed by atoms with Gasteiger partial charge in [-0.25, -0.2) is 4.39 Å². The Morgan fingerprint density at radius 2 is 1.91 bits per heavy atom. The van der Waals surface area contributed by atoms with Crippen molar-refractivity contribution in [2.45, 2.75) is 32.1 Å². The van der Waals surface area contributed by atoms with Gasteiger partial charge in [-0.05, 0) is 51.6 Å². The molecule has 2 N–H and O–H groups in total. The highest BCUT2D eigenvalue weighted by Gasteiger charge is 2.37. The van der Waals surface area contributed by atoms with Crippen molar-refractivity contribution < 1.29 is 18.7 Å². The van der Waals surface area contributed by atoms with Crippen LogP contribution in [-0.2, 0) is 19.7 Å². The topological polar surface area (TPSA) is 67.4 Å². The first-order valence-corrected chi connectivity index (χ1v) is 7.78. The Morgan fingerprint density at radius 1 is 1.26 bits per heavy atom. The summed E-state index contributed by atoms with van der Waals surface area (Å²) in [7, 11) is 1.82. The average molecular weight is 324 g/mol. The number of nitrogens with one attached hydrogen (secondary N) is 2. The van der Waals surface area contributed by atoms with Crippen molar-refractivity contribution >= 4 is 11.9 Å². The quantitative estimate of drug-likeness (QED) is 0.536. The molecule has 1 aromatic carbocycles. The first kappa shape index (κ1) is 19.1. The standard InChI is InChI=1S/C17H25FN2O3/c1-4-23-16(22)17(2,13-7-9-14(18)10-8-13)12-20-15(21)6-5-11-19-3/h7-10,19H,4-6,11-12H2,1-3H3,(H,20,21). The maximum atomic E-state index is 13.1. The third kappa shape index (κ3) is 5.63. The number of amides is 1. The Morgan fingerprint density at radius 3 is 2.48 bits per heavy atom. The van der Waals surface area contributed by atoms with Crippen LogP contribution in [0.4, 0.5) is 4.39 Å². The molecule has 6 heteroatoms. The molecule has 128 valence electrons. The highest BCUT2D eigenvalue weighted by Crippen LogP contribution is 2.25. The summed E-state index contributed by atoms with van der Waals surface area (Å²) in [4.78, 5) is 24.2. The SMILES string of the molecule is CCOC(=O)C(C)(CNC(=O)CCCNC)c1ccc(F)cc1. The zero-order chi connectivity index (χ0) is 17.3. The molecule has 0 aliphatic carbocycles. The van der Waals surface area contributed by atoms with Crippen molar-refractivity contribution in [1.82, 2.24) is 10.6 Å². The van der Waals surface area contributed by atoms with Crippen LogP contribution >= 0.6 is 0 Å². The summed E-state index contributed by atoms with van der Waals surface area (Å²) >= 11 is 0. The normalized spacial score (nSPS) is 13.2. The van der Waals surface area contributed by atoms with Gasteiger partial charge in [0.25, 0.3) is 0 Å². The van der Waals surface area contributed by atoms with Gasteiger partial charge in [0.05, 0.1) is 6.61 Å². The Hall–Kier alpha value is -1.95. The van der Waals surface area contributed by atoms with Crippen LogP contribution in [0.5, 0.6) is 0 Å². The molecule has 0 saturated heterocycles. The molecule has 1 atom stereocenters. The smallest absolute Gasteiger partial charge is 0.318 e. The zero-order valence-electron chi connectivity index (χ0n) is 13.9. The number of rotatable bonds is 9. The fourth-order valence-electron chi connectivity index (χ4n) is 2.19. The lowest BCUT2D eigenvalue weighted by Gasteiger charge is -2.28. The van der Waals surface area contributed by atoms with E-state index in [0.29, 0.717) is 12.0 Å². The maximum Gasteiger partial charge on any atom is 0.318 e.